The van der Waals surface area contributed by atoms with Gasteiger partial charge in [-0.05, 0) is 36.8 Å². The van der Waals surface area contributed by atoms with E-state index in [1.165, 1.54) is 28.4 Å². The van der Waals surface area contributed by atoms with Crippen LogP contribution in [0, 0.1) is 5.82 Å². The lowest BCUT2D eigenvalue weighted by atomic mass is 10.1. The maximum Gasteiger partial charge on any atom is 0.414 e. The summed E-state index contributed by atoms with van der Waals surface area (Å²) in [4.78, 5) is 42.9. The van der Waals surface area contributed by atoms with E-state index < -0.39 is 18.0 Å². The van der Waals surface area contributed by atoms with Crippen LogP contribution in [0.1, 0.15) is 33.1 Å². The van der Waals surface area contributed by atoms with Gasteiger partial charge < -0.3 is 14.6 Å². The number of cyclic esters (lactones) is 1. The molecule has 5 rings (SSSR count). The molecule has 3 heterocycles. The number of aryl methyl sites for hydroxylation is 1. The minimum absolute atomic E-state index is 0.171. The summed E-state index contributed by atoms with van der Waals surface area (Å²) in [7, 11) is 0. The Morgan fingerprint density at radius 1 is 1.15 bits per heavy atom. The smallest absolute Gasteiger partial charge is 0.414 e. The maximum absolute atomic E-state index is 15.7. The Morgan fingerprint density at radius 2 is 1.93 bits per heavy atom. The van der Waals surface area contributed by atoms with Crippen molar-refractivity contribution >= 4 is 35.1 Å². The van der Waals surface area contributed by atoms with Gasteiger partial charge in [0.1, 0.15) is 11.9 Å². The van der Waals surface area contributed by atoms with E-state index in [0.29, 0.717) is 34.4 Å². The highest BCUT2D eigenvalue weighted by Crippen LogP contribution is 2.30. The molecule has 0 bridgehead atoms. The summed E-state index contributed by atoms with van der Waals surface area (Å²) in [6.07, 6.45) is 3.29. The third-order valence-electron chi connectivity index (χ3n) is 6.84. The maximum atomic E-state index is 15.7. The van der Waals surface area contributed by atoms with Crippen LogP contribution in [0.2, 0.25) is 5.02 Å². The van der Waals surface area contributed by atoms with Crippen LogP contribution in [0.5, 0.6) is 0 Å². The van der Waals surface area contributed by atoms with Crippen molar-refractivity contribution in [1.82, 2.24) is 19.3 Å². The van der Waals surface area contributed by atoms with Crippen molar-refractivity contribution in [3.8, 4) is 22.5 Å². The first-order valence-electron chi connectivity index (χ1n) is 13.2. The van der Waals surface area contributed by atoms with Crippen molar-refractivity contribution in [2.24, 2.45) is 0 Å². The van der Waals surface area contributed by atoms with E-state index in [-0.39, 0.29) is 30.1 Å². The summed E-state index contributed by atoms with van der Waals surface area (Å²) < 4.78 is 24.3. The largest absolute Gasteiger partial charge is 0.442 e. The number of hydrogen-bond donors (Lipinski definition) is 1. The van der Waals surface area contributed by atoms with Crippen LogP contribution in [0.25, 0.3) is 28.3 Å². The molecule has 4 aromatic rings. The summed E-state index contributed by atoms with van der Waals surface area (Å²) in [5.41, 5.74) is 2.02. The number of halogens is 2. The quantitative estimate of drug-likeness (QED) is 0.279. The van der Waals surface area contributed by atoms with Gasteiger partial charge in [0.05, 0.1) is 30.2 Å². The van der Waals surface area contributed by atoms with E-state index in [4.69, 9.17) is 21.3 Å². The molecule has 2 amide bonds. The number of nitrogens with zero attached hydrogens (tertiary/aromatic N) is 4. The first-order chi connectivity index (χ1) is 19.2. The molecule has 40 heavy (non-hydrogen) atoms. The Balaban J connectivity index is 1.53. The van der Waals surface area contributed by atoms with Gasteiger partial charge in [0.2, 0.25) is 11.7 Å². The van der Waals surface area contributed by atoms with E-state index >= 15 is 4.39 Å². The van der Waals surface area contributed by atoms with Gasteiger partial charge >= 0.3 is 6.09 Å². The molecule has 0 unspecified atom stereocenters. The topological polar surface area (TPSA) is 97.9 Å². The molecular weight excluding hydrogens is 537 g/mol. The number of anilines is 1. The van der Waals surface area contributed by atoms with Crippen molar-refractivity contribution in [3.63, 3.8) is 0 Å². The first-order valence-corrected chi connectivity index (χ1v) is 13.5. The molecule has 2 aromatic carbocycles. The number of rotatable bonds is 9. The fourth-order valence-corrected chi connectivity index (χ4v) is 4.92. The average molecular weight is 566 g/mol. The Kier molecular flexibility index (Phi) is 7.88. The van der Waals surface area contributed by atoms with E-state index in [2.05, 4.69) is 12.2 Å². The van der Waals surface area contributed by atoms with Crippen molar-refractivity contribution in [1.29, 1.82) is 0 Å². The predicted octanol–water partition coefficient (Wildman–Crippen LogP) is 5.27. The number of unbranched alkanes of at least 4 members (excludes halogenated alkanes) is 2. The molecule has 208 valence electrons. The lowest BCUT2D eigenvalue weighted by Gasteiger charge is -2.18. The highest BCUT2D eigenvalue weighted by molar-refractivity contribution is 6.30. The molecule has 0 radical (unpaired) electrons. The monoisotopic (exact) mass is 565 g/mol. The lowest BCUT2D eigenvalue weighted by molar-refractivity contribution is -0.119. The summed E-state index contributed by atoms with van der Waals surface area (Å²) in [5.74, 6) is -0.409. The third kappa shape index (κ3) is 5.58. The van der Waals surface area contributed by atoms with Crippen molar-refractivity contribution < 1.29 is 18.7 Å². The van der Waals surface area contributed by atoms with E-state index in [1.807, 2.05) is 16.7 Å². The Labute approximate surface area is 235 Å². The van der Waals surface area contributed by atoms with Gasteiger partial charge in [-0.1, -0.05) is 43.5 Å². The van der Waals surface area contributed by atoms with Gasteiger partial charge in [-0.25, -0.2) is 14.2 Å². The molecule has 0 saturated carbocycles. The highest BCUT2D eigenvalue weighted by atomic mass is 35.5. The first kappa shape index (κ1) is 27.4. The number of carbonyl (C=O) groups excluding carboxylic acids is 2. The number of hydrogen-bond acceptors (Lipinski definition) is 5. The number of ether oxygens (including phenoxy) is 1. The minimum atomic E-state index is -0.618. The molecule has 2 aromatic heterocycles. The molecule has 1 saturated heterocycles. The average Bonchev–Trinajstić information content (AvgIpc) is 3.54. The van der Waals surface area contributed by atoms with Crippen LogP contribution < -0.4 is 15.8 Å². The third-order valence-corrected chi connectivity index (χ3v) is 7.09. The Bertz CT molecular complexity index is 1630. The van der Waals surface area contributed by atoms with Crippen LogP contribution in [-0.2, 0) is 16.1 Å². The summed E-state index contributed by atoms with van der Waals surface area (Å²) in [6, 6.07) is 13.0. The minimum Gasteiger partial charge on any atom is -0.442 e. The molecule has 9 nitrogen and oxygen atoms in total. The van der Waals surface area contributed by atoms with Crippen LogP contribution in [-0.4, -0.2) is 45.1 Å². The van der Waals surface area contributed by atoms with Crippen LogP contribution >= 0.6 is 11.6 Å². The zero-order valence-corrected chi connectivity index (χ0v) is 22.9. The fraction of sp³-hybridized carbons (Fsp3) is 0.310. The van der Waals surface area contributed by atoms with Crippen LogP contribution in [0.3, 0.4) is 0 Å². The molecule has 0 spiro atoms. The second kappa shape index (κ2) is 11.5. The van der Waals surface area contributed by atoms with E-state index in [9.17, 15) is 14.4 Å². The molecule has 0 aliphatic carbocycles. The number of imidazole rings is 1. The Morgan fingerprint density at radius 3 is 2.62 bits per heavy atom. The van der Waals surface area contributed by atoms with Crippen LogP contribution in [0.15, 0.2) is 59.5 Å². The van der Waals surface area contributed by atoms with Crippen molar-refractivity contribution in [2.75, 3.05) is 18.0 Å². The van der Waals surface area contributed by atoms with E-state index in [0.717, 1.165) is 24.8 Å². The number of aromatic nitrogens is 3. The van der Waals surface area contributed by atoms with Gasteiger partial charge in [-0.15, -0.1) is 0 Å². The van der Waals surface area contributed by atoms with Gasteiger partial charge in [0.25, 0.3) is 5.56 Å². The number of amides is 2. The van der Waals surface area contributed by atoms with Crippen molar-refractivity contribution in [3.05, 3.63) is 75.9 Å². The van der Waals surface area contributed by atoms with Gasteiger partial charge in [-0.2, -0.15) is 0 Å². The normalized spacial score (nSPS) is 15.1. The van der Waals surface area contributed by atoms with Crippen LogP contribution in [0.4, 0.5) is 14.9 Å². The fourth-order valence-electron chi connectivity index (χ4n) is 4.79. The highest BCUT2D eigenvalue weighted by Gasteiger charge is 2.33. The molecular formula is C29H29ClFN5O4. The summed E-state index contributed by atoms with van der Waals surface area (Å²) >= 11 is 6.04. The molecule has 1 aliphatic heterocycles. The standard InChI is InChI=1S/C29H29ClFN5O4/c1-3-4-5-12-34-26(14-27(38)36-17-25(33-28(34)36)19-6-8-20(30)9-7-19)23-11-10-21(13-24(23)31)35-16-22(40-29(35)39)15-32-18(2)37/h6-11,13-14,17,22H,3-5,12,15-16H2,1-2H3,(H,32,37)/t22-/m1/s1. The molecule has 11 heteroatoms. The summed E-state index contributed by atoms with van der Waals surface area (Å²) in [6.45, 7) is 4.36. The summed E-state index contributed by atoms with van der Waals surface area (Å²) in [5, 5.41) is 3.22. The van der Waals surface area contributed by atoms with Gasteiger partial charge in [-0.3, -0.25) is 18.9 Å². The molecule has 1 fully saturated rings. The number of nitrogens with one attached hydrogen (secondary N) is 1. The SMILES string of the molecule is CCCCCn1c(-c2ccc(N3C[C@@H](CNC(C)=O)OC3=O)cc2F)cc(=O)n2cc(-c3ccc(Cl)cc3)nc12. The second-order valence-corrected chi connectivity index (χ2v) is 10.2. The van der Waals surface area contributed by atoms with Gasteiger partial charge in [0.15, 0.2) is 0 Å². The molecule has 1 atom stereocenters. The van der Waals surface area contributed by atoms with Gasteiger partial charge in [0, 0.05) is 41.9 Å². The number of benzene rings is 2. The number of fused-ring (bicyclic) bond motifs is 1. The Hall–Kier alpha value is -4.18. The van der Waals surface area contributed by atoms with E-state index in [1.54, 1.807) is 30.5 Å². The zero-order valence-electron chi connectivity index (χ0n) is 22.2. The predicted molar refractivity (Wildman–Crippen MR) is 151 cm³/mol. The second-order valence-electron chi connectivity index (χ2n) is 9.75. The van der Waals surface area contributed by atoms with Crippen molar-refractivity contribution in [2.45, 2.75) is 45.8 Å². The molecule has 1 aliphatic rings. The lowest BCUT2D eigenvalue weighted by Crippen LogP contribution is -2.33. The zero-order chi connectivity index (χ0) is 28.4. The number of carbonyl (C=O) groups is 2. The molecule has 1 N–H and O–H groups in total.